The number of rotatable bonds is 7. The lowest BCUT2D eigenvalue weighted by molar-refractivity contribution is -0.140. The van der Waals surface area contributed by atoms with Crippen LogP contribution in [0.5, 0.6) is 5.88 Å². The van der Waals surface area contributed by atoms with Gasteiger partial charge in [-0.3, -0.25) is 0 Å². The Labute approximate surface area is 155 Å². The Morgan fingerprint density at radius 3 is 2.04 bits per heavy atom. The lowest BCUT2D eigenvalue weighted by atomic mass is 10.2. The topological polar surface area (TPSA) is 36.3 Å². The first-order chi connectivity index (χ1) is 13.0. The van der Waals surface area contributed by atoms with Crippen molar-refractivity contribution in [1.82, 2.24) is 9.78 Å². The molecule has 0 saturated heterocycles. The van der Waals surface area contributed by atoms with Gasteiger partial charge in [0.15, 0.2) is 0 Å². The van der Waals surface area contributed by atoms with Crippen LogP contribution in [0.25, 0.3) is 0 Å². The minimum absolute atomic E-state index is 0.172. The highest BCUT2D eigenvalue weighted by molar-refractivity contribution is 5.35. The zero-order chi connectivity index (χ0) is 19.3. The van der Waals surface area contributed by atoms with Crippen molar-refractivity contribution >= 4 is 0 Å². The summed E-state index contributed by atoms with van der Waals surface area (Å²) in [5, 5.41) is 4.12. The summed E-state index contributed by atoms with van der Waals surface area (Å²) in [7, 11) is 1.21. The molecule has 0 amide bonds. The Kier molecular flexibility index (Phi) is 5.81. The number of hydrogen-bond donors (Lipinski definition) is 0. The number of hydrogen-bond acceptors (Lipinski definition) is 3. The van der Waals surface area contributed by atoms with Crippen molar-refractivity contribution < 1.29 is 22.6 Å². The van der Waals surface area contributed by atoms with Gasteiger partial charge in [0.05, 0.1) is 26.9 Å². The number of ether oxygens (including phenoxy) is 2. The summed E-state index contributed by atoms with van der Waals surface area (Å²) in [5.41, 5.74) is 0.616. The van der Waals surface area contributed by atoms with E-state index in [0.29, 0.717) is 0 Å². The van der Waals surface area contributed by atoms with E-state index < -0.39 is 11.7 Å². The van der Waals surface area contributed by atoms with Crippen molar-refractivity contribution in [3.8, 4) is 5.88 Å². The summed E-state index contributed by atoms with van der Waals surface area (Å²) >= 11 is 0. The molecule has 0 aliphatic rings. The second kappa shape index (κ2) is 8.26. The Hall–Kier alpha value is -2.80. The van der Waals surface area contributed by atoms with Crippen LogP contribution in [0.4, 0.5) is 13.2 Å². The molecule has 0 saturated carbocycles. The molecule has 3 rings (SSSR count). The third kappa shape index (κ3) is 4.68. The van der Waals surface area contributed by atoms with Crippen LogP contribution in [0.15, 0.2) is 60.7 Å². The van der Waals surface area contributed by atoms with E-state index in [1.54, 1.807) is 0 Å². The summed E-state index contributed by atoms with van der Waals surface area (Å²) in [6.45, 7) is 0.111. The Bertz CT molecular complexity index is 862. The maximum atomic E-state index is 13.6. The summed E-state index contributed by atoms with van der Waals surface area (Å²) in [6, 6.07) is 18.4. The van der Waals surface area contributed by atoms with Crippen molar-refractivity contribution in [2.24, 2.45) is 0 Å². The molecular formula is C20H19F3N2O2. The monoisotopic (exact) mass is 376 g/mol. The van der Waals surface area contributed by atoms with E-state index in [1.165, 1.54) is 11.8 Å². The summed E-state index contributed by atoms with van der Waals surface area (Å²) < 4.78 is 52.6. The van der Waals surface area contributed by atoms with Crippen LogP contribution >= 0.6 is 0 Å². The molecule has 1 heterocycles. The highest BCUT2D eigenvalue weighted by Gasteiger charge is 2.41. The molecule has 0 bridgehead atoms. The Balaban J connectivity index is 1.85. The molecule has 2 aromatic carbocycles. The van der Waals surface area contributed by atoms with Crippen LogP contribution in [-0.4, -0.2) is 16.9 Å². The van der Waals surface area contributed by atoms with Crippen LogP contribution in [-0.2, 0) is 30.7 Å². The first-order valence-corrected chi connectivity index (χ1v) is 8.35. The highest BCUT2D eigenvalue weighted by Crippen LogP contribution is 2.39. The van der Waals surface area contributed by atoms with Gasteiger partial charge in [0.25, 0.3) is 0 Å². The average Bonchev–Trinajstić information content (AvgIpc) is 3.01. The van der Waals surface area contributed by atoms with Gasteiger partial charge >= 0.3 is 6.18 Å². The van der Waals surface area contributed by atoms with Crippen molar-refractivity contribution in [3.63, 3.8) is 0 Å². The van der Waals surface area contributed by atoms with Gasteiger partial charge in [0, 0.05) is 0 Å². The SMILES string of the molecule is COc1c(C(F)(F)F)c(COCc2ccccc2)nn1Cc1ccccc1. The zero-order valence-corrected chi connectivity index (χ0v) is 14.7. The number of nitrogens with zero attached hydrogens (tertiary/aromatic N) is 2. The van der Waals surface area contributed by atoms with Gasteiger partial charge in [-0.2, -0.15) is 18.3 Å². The van der Waals surface area contributed by atoms with E-state index >= 15 is 0 Å². The van der Waals surface area contributed by atoms with Crippen LogP contribution in [0.3, 0.4) is 0 Å². The van der Waals surface area contributed by atoms with E-state index in [-0.39, 0.29) is 31.3 Å². The fourth-order valence-electron chi connectivity index (χ4n) is 2.79. The molecule has 0 aliphatic carbocycles. The normalized spacial score (nSPS) is 11.6. The molecule has 7 heteroatoms. The van der Waals surface area contributed by atoms with Crippen molar-refractivity contribution in [3.05, 3.63) is 83.0 Å². The first-order valence-electron chi connectivity index (χ1n) is 8.35. The van der Waals surface area contributed by atoms with E-state index in [1.807, 2.05) is 60.7 Å². The Morgan fingerprint density at radius 2 is 1.48 bits per heavy atom. The van der Waals surface area contributed by atoms with Crippen molar-refractivity contribution in [2.75, 3.05) is 7.11 Å². The molecular weight excluding hydrogens is 357 g/mol. The lowest BCUT2D eigenvalue weighted by Crippen LogP contribution is -2.10. The Morgan fingerprint density at radius 1 is 0.889 bits per heavy atom. The van der Waals surface area contributed by atoms with E-state index in [9.17, 15) is 13.2 Å². The van der Waals surface area contributed by atoms with Crippen LogP contribution in [0.1, 0.15) is 22.4 Å². The first kappa shape index (κ1) is 19.0. The third-order valence-corrected chi connectivity index (χ3v) is 3.98. The second-order valence-electron chi connectivity index (χ2n) is 5.95. The fraction of sp³-hybridized carbons (Fsp3) is 0.250. The van der Waals surface area contributed by atoms with Gasteiger partial charge in [-0.1, -0.05) is 60.7 Å². The standard InChI is InChI=1S/C20H19F3N2O2/c1-26-19-18(20(21,22)23)17(14-27-13-16-10-6-3-7-11-16)24-25(19)12-15-8-4-2-5-9-15/h2-11H,12-14H2,1H3. The van der Waals surface area contributed by atoms with E-state index in [4.69, 9.17) is 9.47 Å². The molecule has 0 N–H and O–H groups in total. The number of methoxy groups -OCH3 is 1. The largest absolute Gasteiger partial charge is 0.481 e. The summed E-state index contributed by atoms with van der Waals surface area (Å²) in [5.74, 6) is -0.315. The van der Waals surface area contributed by atoms with E-state index in [2.05, 4.69) is 5.10 Å². The van der Waals surface area contributed by atoms with Gasteiger partial charge in [-0.25, -0.2) is 4.68 Å². The minimum atomic E-state index is -4.59. The van der Waals surface area contributed by atoms with Crippen LogP contribution < -0.4 is 4.74 Å². The number of benzene rings is 2. The minimum Gasteiger partial charge on any atom is -0.481 e. The molecule has 0 spiro atoms. The van der Waals surface area contributed by atoms with Gasteiger partial charge in [-0.15, -0.1) is 0 Å². The predicted octanol–water partition coefficient (Wildman–Crippen LogP) is 4.68. The molecule has 142 valence electrons. The molecule has 3 aromatic rings. The number of halogens is 3. The molecule has 0 atom stereocenters. The van der Waals surface area contributed by atoms with Crippen molar-refractivity contribution in [1.29, 1.82) is 0 Å². The van der Waals surface area contributed by atoms with Crippen LogP contribution in [0, 0.1) is 0 Å². The predicted molar refractivity (Wildman–Crippen MR) is 94.3 cm³/mol. The maximum Gasteiger partial charge on any atom is 0.423 e. The average molecular weight is 376 g/mol. The van der Waals surface area contributed by atoms with Crippen LogP contribution in [0.2, 0.25) is 0 Å². The van der Waals surface area contributed by atoms with Crippen molar-refractivity contribution in [2.45, 2.75) is 25.9 Å². The highest BCUT2D eigenvalue weighted by atomic mass is 19.4. The fourth-order valence-corrected chi connectivity index (χ4v) is 2.79. The zero-order valence-electron chi connectivity index (χ0n) is 14.7. The maximum absolute atomic E-state index is 13.6. The summed E-state index contributed by atoms with van der Waals surface area (Å²) in [4.78, 5) is 0. The van der Waals surface area contributed by atoms with Gasteiger partial charge in [0.2, 0.25) is 5.88 Å². The third-order valence-electron chi connectivity index (χ3n) is 3.98. The summed E-state index contributed by atoms with van der Waals surface area (Å²) in [6.07, 6.45) is -4.59. The molecule has 0 radical (unpaired) electrons. The lowest BCUT2D eigenvalue weighted by Gasteiger charge is -2.11. The van der Waals surface area contributed by atoms with Gasteiger partial charge < -0.3 is 9.47 Å². The van der Waals surface area contributed by atoms with Gasteiger partial charge in [0.1, 0.15) is 11.3 Å². The molecule has 1 aromatic heterocycles. The second-order valence-corrected chi connectivity index (χ2v) is 5.95. The molecule has 4 nitrogen and oxygen atoms in total. The van der Waals surface area contributed by atoms with E-state index in [0.717, 1.165) is 11.1 Å². The number of aromatic nitrogens is 2. The molecule has 27 heavy (non-hydrogen) atoms. The smallest absolute Gasteiger partial charge is 0.423 e. The number of alkyl halides is 3. The molecule has 0 fully saturated rings. The molecule has 0 unspecified atom stereocenters. The molecule has 0 aliphatic heterocycles. The quantitative estimate of drug-likeness (QED) is 0.601. The van der Waals surface area contributed by atoms with Gasteiger partial charge in [-0.05, 0) is 11.1 Å².